The monoisotopic (exact) mass is 137 g/mol. The Hall–Kier alpha value is -1.11. The van der Waals surface area contributed by atoms with E-state index in [0.29, 0.717) is 0 Å². The van der Waals surface area contributed by atoms with Gasteiger partial charge in [-0.2, -0.15) is 0 Å². The van der Waals surface area contributed by atoms with Crippen LogP contribution in [0, 0.1) is 5.41 Å². The fourth-order valence-electron chi connectivity index (χ4n) is 0.311. The highest BCUT2D eigenvalue weighted by atomic mass is 14.3. The molecule has 56 valence electrons. The molecule has 0 aliphatic heterocycles. The standard InChI is InChI=1S/C7H9N.C2H6/c1-3-5-7(4-2)6-8;1-2/h3-6,8H,1-2H2;1-2H3/b7-5+,8-6?;. The molecular formula is C9H15N. The van der Waals surface area contributed by atoms with Crippen LogP contribution in [0.15, 0.2) is 37.0 Å². The van der Waals surface area contributed by atoms with Gasteiger partial charge in [-0.05, 0) is 5.57 Å². The van der Waals surface area contributed by atoms with E-state index in [4.69, 9.17) is 5.41 Å². The summed E-state index contributed by atoms with van der Waals surface area (Å²) in [4.78, 5) is 0. The SMILES string of the molecule is C=C/C=C(\C=C)C=N.CC. The fraction of sp³-hybridized carbons (Fsp3) is 0.222. The average molecular weight is 137 g/mol. The first-order valence-electron chi connectivity index (χ1n) is 3.30. The van der Waals surface area contributed by atoms with Crippen molar-refractivity contribution in [3.8, 4) is 0 Å². The molecule has 0 spiro atoms. The molecule has 0 saturated heterocycles. The molecule has 0 aromatic rings. The maximum Gasteiger partial charge on any atom is 0.0250 e. The number of hydrogen-bond acceptors (Lipinski definition) is 1. The quantitative estimate of drug-likeness (QED) is 0.457. The highest BCUT2D eigenvalue weighted by Gasteiger charge is 1.75. The Balaban J connectivity index is 0. The maximum absolute atomic E-state index is 6.75. The van der Waals surface area contributed by atoms with Gasteiger partial charge in [-0.25, -0.2) is 0 Å². The number of nitrogens with one attached hydrogen (secondary N) is 1. The van der Waals surface area contributed by atoms with Crippen molar-refractivity contribution < 1.29 is 0 Å². The van der Waals surface area contributed by atoms with Crippen molar-refractivity contribution >= 4 is 6.21 Å². The third kappa shape index (κ3) is 6.89. The maximum atomic E-state index is 6.75. The summed E-state index contributed by atoms with van der Waals surface area (Å²) in [7, 11) is 0. The Bertz CT molecular complexity index is 122. The lowest BCUT2D eigenvalue weighted by Crippen LogP contribution is -1.72. The van der Waals surface area contributed by atoms with Crippen LogP contribution in [0.2, 0.25) is 0 Å². The van der Waals surface area contributed by atoms with Gasteiger partial charge < -0.3 is 5.41 Å². The van der Waals surface area contributed by atoms with Gasteiger partial charge in [-0.1, -0.05) is 45.2 Å². The van der Waals surface area contributed by atoms with Crippen molar-refractivity contribution in [3.63, 3.8) is 0 Å². The second-order valence-corrected chi connectivity index (χ2v) is 1.25. The molecular weight excluding hydrogens is 122 g/mol. The lowest BCUT2D eigenvalue weighted by atomic mass is 10.3. The van der Waals surface area contributed by atoms with Crippen LogP contribution < -0.4 is 0 Å². The van der Waals surface area contributed by atoms with Crippen molar-refractivity contribution in [2.24, 2.45) is 0 Å². The van der Waals surface area contributed by atoms with E-state index in [2.05, 4.69) is 13.2 Å². The van der Waals surface area contributed by atoms with Gasteiger partial charge in [0.1, 0.15) is 0 Å². The van der Waals surface area contributed by atoms with Crippen LogP contribution in [0.1, 0.15) is 13.8 Å². The molecule has 0 fully saturated rings. The molecule has 0 bridgehead atoms. The molecule has 0 unspecified atom stereocenters. The Labute approximate surface area is 63.3 Å². The molecule has 0 radical (unpaired) electrons. The van der Waals surface area contributed by atoms with Gasteiger partial charge >= 0.3 is 0 Å². The highest BCUT2D eigenvalue weighted by Crippen LogP contribution is 1.88. The van der Waals surface area contributed by atoms with E-state index in [1.807, 2.05) is 13.8 Å². The summed E-state index contributed by atoms with van der Waals surface area (Å²) in [5.41, 5.74) is 0.778. The van der Waals surface area contributed by atoms with Crippen molar-refractivity contribution in [2.45, 2.75) is 13.8 Å². The third-order valence-electron chi connectivity index (χ3n) is 0.713. The van der Waals surface area contributed by atoms with Crippen LogP contribution in [0.25, 0.3) is 0 Å². The first-order valence-corrected chi connectivity index (χ1v) is 3.30. The van der Waals surface area contributed by atoms with Gasteiger partial charge in [0.2, 0.25) is 0 Å². The van der Waals surface area contributed by atoms with Crippen LogP contribution in [0.3, 0.4) is 0 Å². The number of rotatable bonds is 3. The highest BCUT2D eigenvalue weighted by molar-refractivity contribution is 5.79. The lowest BCUT2D eigenvalue weighted by molar-refractivity contribution is 1.50. The molecule has 0 saturated carbocycles. The van der Waals surface area contributed by atoms with E-state index < -0.39 is 0 Å². The second kappa shape index (κ2) is 10.8. The summed E-state index contributed by atoms with van der Waals surface area (Å²) in [6.45, 7) is 11.0. The van der Waals surface area contributed by atoms with Crippen molar-refractivity contribution in [1.29, 1.82) is 5.41 Å². The molecule has 1 heteroatoms. The van der Waals surface area contributed by atoms with Gasteiger partial charge in [-0.15, -0.1) is 0 Å². The van der Waals surface area contributed by atoms with E-state index in [9.17, 15) is 0 Å². The van der Waals surface area contributed by atoms with E-state index in [1.54, 1.807) is 18.2 Å². The van der Waals surface area contributed by atoms with Crippen molar-refractivity contribution in [2.75, 3.05) is 0 Å². The molecule has 1 nitrogen and oxygen atoms in total. The van der Waals surface area contributed by atoms with E-state index >= 15 is 0 Å². The first kappa shape index (κ1) is 11.7. The molecule has 0 aliphatic carbocycles. The molecule has 0 rings (SSSR count). The third-order valence-corrected chi connectivity index (χ3v) is 0.713. The van der Waals surface area contributed by atoms with Crippen LogP contribution in [0.5, 0.6) is 0 Å². The van der Waals surface area contributed by atoms with E-state index in [1.165, 1.54) is 6.21 Å². The fourth-order valence-corrected chi connectivity index (χ4v) is 0.311. The zero-order valence-electron chi connectivity index (χ0n) is 6.72. The summed E-state index contributed by atoms with van der Waals surface area (Å²) in [5.74, 6) is 0. The largest absolute Gasteiger partial charge is 0.308 e. The molecule has 1 N–H and O–H groups in total. The van der Waals surface area contributed by atoms with Gasteiger partial charge in [0, 0.05) is 6.21 Å². The van der Waals surface area contributed by atoms with Gasteiger partial charge in [0.05, 0.1) is 0 Å². The van der Waals surface area contributed by atoms with Gasteiger partial charge in [-0.3, -0.25) is 0 Å². The predicted octanol–water partition coefficient (Wildman–Crippen LogP) is 2.96. The molecule has 0 aromatic carbocycles. The molecule has 0 amide bonds. The lowest BCUT2D eigenvalue weighted by Gasteiger charge is -1.82. The minimum absolute atomic E-state index is 0.778. The van der Waals surface area contributed by atoms with Gasteiger partial charge in [0.25, 0.3) is 0 Å². The topological polar surface area (TPSA) is 23.9 Å². The van der Waals surface area contributed by atoms with Crippen LogP contribution >= 0.6 is 0 Å². The normalized spacial score (nSPS) is 8.80. The molecule has 0 aliphatic rings. The zero-order chi connectivity index (χ0) is 8.41. The van der Waals surface area contributed by atoms with Gasteiger partial charge in [0.15, 0.2) is 0 Å². The molecule has 0 heterocycles. The summed E-state index contributed by atoms with van der Waals surface area (Å²) in [6.07, 6.45) is 6.19. The Kier molecular flexibility index (Phi) is 12.6. The van der Waals surface area contributed by atoms with Crippen LogP contribution in [-0.4, -0.2) is 6.21 Å². The molecule has 10 heavy (non-hydrogen) atoms. The van der Waals surface area contributed by atoms with Crippen LogP contribution in [0.4, 0.5) is 0 Å². The Morgan fingerprint density at radius 2 is 1.80 bits per heavy atom. The van der Waals surface area contributed by atoms with Crippen molar-refractivity contribution in [1.82, 2.24) is 0 Å². The summed E-state index contributed by atoms with van der Waals surface area (Å²) >= 11 is 0. The first-order chi connectivity index (χ1) is 4.85. The summed E-state index contributed by atoms with van der Waals surface area (Å²) in [5, 5.41) is 6.75. The smallest absolute Gasteiger partial charge is 0.0250 e. The predicted molar refractivity (Wildman–Crippen MR) is 48.6 cm³/mol. The van der Waals surface area contributed by atoms with Crippen molar-refractivity contribution in [3.05, 3.63) is 37.0 Å². The minimum Gasteiger partial charge on any atom is -0.308 e. The number of allylic oxidation sites excluding steroid dienone is 4. The van der Waals surface area contributed by atoms with Crippen LogP contribution in [-0.2, 0) is 0 Å². The molecule has 0 atom stereocenters. The van der Waals surface area contributed by atoms with E-state index in [0.717, 1.165) is 5.57 Å². The summed E-state index contributed by atoms with van der Waals surface area (Å²) < 4.78 is 0. The zero-order valence-corrected chi connectivity index (χ0v) is 6.72. The Morgan fingerprint density at radius 1 is 1.30 bits per heavy atom. The second-order valence-electron chi connectivity index (χ2n) is 1.25. The minimum atomic E-state index is 0.778. The summed E-state index contributed by atoms with van der Waals surface area (Å²) in [6, 6.07) is 0. The Morgan fingerprint density at radius 3 is 1.90 bits per heavy atom. The van der Waals surface area contributed by atoms with E-state index in [-0.39, 0.29) is 0 Å². The average Bonchev–Trinajstić information content (AvgIpc) is 2.04. The molecule has 0 aromatic heterocycles. The number of hydrogen-bond donors (Lipinski definition) is 1.